The van der Waals surface area contributed by atoms with Gasteiger partial charge in [0.05, 0.1) is 5.76 Å². The fourth-order valence-electron chi connectivity index (χ4n) is 4.91. The van der Waals surface area contributed by atoms with Crippen LogP contribution in [0.2, 0.25) is 0 Å². The van der Waals surface area contributed by atoms with E-state index in [1.54, 1.807) is 0 Å². The number of aliphatic hydroxyl groups excluding tert-OH is 1. The Morgan fingerprint density at radius 2 is 1.69 bits per heavy atom. The summed E-state index contributed by atoms with van der Waals surface area (Å²) in [5.74, 6) is -0.0625. The molecule has 1 aliphatic rings. The third-order valence-corrected chi connectivity index (χ3v) is 6.71. The first-order chi connectivity index (χ1) is 16.0. The van der Waals surface area contributed by atoms with Crippen LogP contribution in [0.15, 0.2) is 64.9 Å². The van der Waals surface area contributed by atoms with E-state index in [0.717, 1.165) is 27.8 Å². The average Bonchev–Trinajstić information content (AvgIpc) is 3.15. The number of carbonyl (C=O) groups is 1. The molecule has 0 atom stereocenters. The van der Waals surface area contributed by atoms with Gasteiger partial charge in [0.2, 0.25) is 0 Å². The van der Waals surface area contributed by atoms with Gasteiger partial charge < -0.3 is 14.5 Å². The van der Waals surface area contributed by atoms with Gasteiger partial charge >= 0.3 is 0 Å². The Morgan fingerprint density at radius 1 is 1.00 bits per heavy atom. The Morgan fingerprint density at radius 3 is 2.29 bits per heavy atom. The number of fused-ring (bicyclic) bond motifs is 5. The molecule has 0 bridgehead atoms. The zero-order valence-corrected chi connectivity index (χ0v) is 23.5. The Bertz CT molecular complexity index is 1390. The van der Waals surface area contributed by atoms with Gasteiger partial charge in [0.1, 0.15) is 11.2 Å². The third-order valence-electron chi connectivity index (χ3n) is 6.71. The van der Waals surface area contributed by atoms with E-state index in [1.807, 2.05) is 30.5 Å². The van der Waals surface area contributed by atoms with E-state index in [-0.39, 0.29) is 42.5 Å². The molecule has 2 aromatic carbocycles. The molecule has 2 heterocycles. The summed E-state index contributed by atoms with van der Waals surface area (Å²) in [5, 5.41) is 10.7. The van der Waals surface area contributed by atoms with E-state index in [4.69, 9.17) is 9.52 Å². The topological polar surface area (TPSA) is 63.3 Å². The summed E-state index contributed by atoms with van der Waals surface area (Å²) in [5.41, 5.74) is 6.80. The summed E-state index contributed by atoms with van der Waals surface area (Å²) >= 11 is 0. The molecule has 0 saturated carbocycles. The second kappa shape index (κ2) is 10.1. The van der Waals surface area contributed by atoms with Crippen LogP contribution < -0.4 is 0 Å². The van der Waals surface area contributed by atoms with Crippen molar-refractivity contribution < 1.29 is 34.4 Å². The maximum absolute atomic E-state index is 10.0. The van der Waals surface area contributed by atoms with Crippen molar-refractivity contribution in [1.82, 2.24) is 4.98 Å². The van der Waals surface area contributed by atoms with Gasteiger partial charge in [-0.2, -0.15) is 0 Å². The minimum absolute atomic E-state index is 0. The van der Waals surface area contributed by atoms with Crippen LogP contribution in [0.3, 0.4) is 0 Å². The molecule has 0 amide bonds. The van der Waals surface area contributed by atoms with Crippen molar-refractivity contribution in [2.24, 2.45) is 0 Å². The van der Waals surface area contributed by atoms with Crippen molar-refractivity contribution in [1.29, 1.82) is 0 Å². The summed E-state index contributed by atoms with van der Waals surface area (Å²) < 4.78 is 6.58. The molecule has 0 spiro atoms. The molecule has 4 aromatic rings. The number of allylic oxidation sites excluding steroid dienone is 2. The molecule has 0 fully saturated rings. The van der Waals surface area contributed by atoms with E-state index in [1.165, 1.54) is 49.3 Å². The van der Waals surface area contributed by atoms with Gasteiger partial charge in [-0.1, -0.05) is 39.8 Å². The van der Waals surface area contributed by atoms with Crippen LogP contribution in [-0.4, -0.2) is 15.9 Å². The summed E-state index contributed by atoms with van der Waals surface area (Å²) in [4.78, 5) is 14.6. The van der Waals surface area contributed by atoms with Crippen LogP contribution in [-0.2, 0) is 35.7 Å². The Balaban J connectivity index is 0.000000378. The minimum Gasteiger partial charge on any atom is -0.512 e. The standard InChI is InChI=1S/C25H24NO.C5H8O2.Ir/c1-24(2)13-14-25(3,4)20-19(24)11-10-17-18-12-15-26-21(23(18)27-22(17)20)16-8-6-5-7-9-16;1-4(6)3-5(2)7;/h5-8,10-12,15H,13-14H2,1-4H3;3,6H,1-2H3;/q-1;;/b;4-3-;. The number of carbonyl (C=O) groups excluding carboxylic acids is 1. The summed E-state index contributed by atoms with van der Waals surface area (Å²) in [6.45, 7) is 12.2. The molecular formula is C30H32IrNO3-. The van der Waals surface area contributed by atoms with Crippen molar-refractivity contribution in [2.75, 3.05) is 0 Å². The SMILES string of the molecule is CC(=O)/C=C(/C)O.CC1(C)CCC(C)(C)c2c1ccc1c2oc2c(-c3[c-]cccc3)nccc21.[Ir]. The van der Waals surface area contributed by atoms with Crippen molar-refractivity contribution in [3.05, 3.63) is 77.7 Å². The van der Waals surface area contributed by atoms with Crippen molar-refractivity contribution >= 4 is 27.7 Å². The molecular weight excluding hydrogens is 615 g/mol. The molecule has 4 nitrogen and oxygen atoms in total. The van der Waals surface area contributed by atoms with Gasteiger partial charge in [-0.3, -0.25) is 4.79 Å². The fraction of sp³-hybridized carbons (Fsp3) is 0.333. The number of benzene rings is 2. The molecule has 0 unspecified atom stereocenters. The summed E-state index contributed by atoms with van der Waals surface area (Å²) in [6, 6.07) is 17.9. The second-order valence-electron chi connectivity index (χ2n) is 10.4. The van der Waals surface area contributed by atoms with E-state index in [2.05, 4.69) is 56.9 Å². The molecule has 1 N–H and O–H groups in total. The van der Waals surface area contributed by atoms with Crippen LogP contribution in [0.4, 0.5) is 0 Å². The number of aliphatic hydroxyl groups is 1. The molecule has 2 aromatic heterocycles. The van der Waals surface area contributed by atoms with Crippen LogP contribution in [0.1, 0.15) is 65.5 Å². The smallest absolute Gasteiger partial charge is 0.155 e. The number of furan rings is 1. The van der Waals surface area contributed by atoms with Crippen LogP contribution in [0.25, 0.3) is 33.2 Å². The quantitative estimate of drug-likeness (QED) is 0.137. The monoisotopic (exact) mass is 647 g/mol. The largest absolute Gasteiger partial charge is 0.512 e. The van der Waals surface area contributed by atoms with Gasteiger partial charge in [0.25, 0.3) is 0 Å². The predicted molar refractivity (Wildman–Crippen MR) is 138 cm³/mol. The van der Waals surface area contributed by atoms with Gasteiger partial charge in [-0.25, -0.2) is 0 Å². The Hall–Kier alpha value is -2.75. The number of rotatable bonds is 2. The number of nitrogens with zero attached hydrogens (tertiary/aromatic N) is 1. The molecule has 0 aliphatic heterocycles. The van der Waals surface area contributed by atoms with Gasteiger partial charge in [-0.15, -0.1) is 35.9 Å². The maximum Gasteiger partial charge on any atom is 0.155 e. The van der Waals surface area contributed by atoms with E-state index < -0.39 is 0 Å². The molecule has 35 heavy (non-hydrogen) atoms. The van der Waals surface area contributed by atoms with E-state index in [0.29, 0.717) is 0 Å². The first-order valence-electron chi connectivity index (χ1n) is 11.7. The molecule has 5 rings (SSSR count). The molecule has 5 heteroatoms. The zero-order valence-electron chi connectivity index (χ0n) is 21.2. The second-order valence-corrected chi connectivity index (χ2v) is 10.4. The van der Waals surface area contributed by atoms with Crippen LogP contribution in [0.5, 0.6) is 0 Å². The predicted octanol–water partition coefficient (Wildman–Crippen LogP) is 7.83. The van der Waals surface area contributed by atoms with Crippen LogP contribution >= 0.6 is 0 Å². The molecule has 1 aliphatic carbocycles. The number of aromatic nitrogens is 1. The number of ketones is 1. The number of pyridine rings is 1. The first-order valence-corrected chi connectivity index (χ1v) is 11.7. The normalized spacial score (nSPS) is 16.1. The molecule has 0 saturated heterocycles. The minimum atomic E-state index is -0.125. The zero-order chi connectivity index (χ0) is 24.7. The van der Waals surface area contributed by atoms with E-state index in [9.17, 15) is 4.79 Å². The Kier molecular flexibility index (Phi) is 7.74. The Labute approximate surface area is 220 Å². The number of hydrogen-bond acceptors (Lipinski definition) is 4. The van der Waals surface area contributed by atoms with Crippen LogP contribution in [0, 0.1) is 6.07 Å². The molecule has 185 valence electrons. The van der Waals surface area contributed by atoms with Crippen molar-refractivity contribution in [3.8, 4) is 11.3 Å². The van der Waals surface area contributed by atoms with Gasteiger partial charge in [-0.05, 0) is 49.1 Å². The van der Waals surface area contributed by atoms with Crippen molar-refractivity contribution in [3.63, 3.8) is 0 Å². The van der Waals surface area contributed by atoms with E-state index >= 15 is 0 Å². The van der Waals surface area contributed by atoms with Crippen molar-refractivity contribution in [2.45, 2.75) is 65.2 Å². The fourth-order valence-corrected chi connectivity index (χ4v) is 4.91. The summed E-state index contributed by atoms with van der Waals surface area (Å²) in [6.07, 6.45) is 5.41. The third kappa shape index (κ3) is 5.27. The average molecular weight is 647 g/mol. The first kappa shape index (κ1) is 26.8. The maximum atomic E-state index is 10.0. The summed E-state index contributed by atoms with van der Waals surface area (Å²) in [7, 11) is 0. The number of hydrogen-bond donors (Lipinski definition) is 1. The van der Waals surface area contributed by atoms with Gasteiger partial charge in [0.15, 0.2) is 5.78 Å². The van der Waals surface area contributed by atoms with Gasteiger partial charge in [0, 0.05) is 54.4 Å². The molecule has 1 radical (unpaired) electrons.